The molecule has 4 rings (SSSR count). The molecule has 1 aliphatic heterocycles. The number of rotatable bonds is 5. The van der Waals surface area contributed by atoms with E-state index in [2.05, 4.69) is 20.3 Å². The first kappa shape index (κ1) is 23.4. The van der Waals surface area contributed by atoms with Gasteiger partial charge in [-0.2, -0.15) is 11.8 Å². The predicted molar refractivity (Wildman–Crippen MR) is 119 cm³/mol. The SMILES string of the molecule is COc1ccc2[nH]c(-c3nc(N[C@@H]4CSCC[C@@H]4N)cnc3C(N)=O)cc2c1.O.O. The van der Waals surface area contributed by atoms with Crippen molar-refractivity contribution in [3.63, 3.8) is 0 Å². The Hall–Kier alpha value is -2.86. The fraction of sp³-hybridized carbons (Fsp3) is 0.316. The summed E-state index contributed by atoms with van der Waals surface area (Å²) in [6, 6.07) is 7.75. The quantitative estimate of drug-likeness (QED) is 0.443. The van der Waals surface area contributed by atoms with Crippen LogP contribution in [0.2, 0.25) is 0 Å². The van der Waals surface area contributed by atoms with Crippen molar-refractivity contribution in [1.82, 2.24) is 15.0 Å². The van der Waals surface area contributed by atoms with Crippen molar-refractivity contribution in [2.45, 2.75) is 18.5 Å². The highest BCUT2D eigenvalue weighted by Crippen LogP contribution is 2.28. The number of nitrogens with one attached hydrogen (secondary N) is 2. The number of hydrogen-bond donors (Lipinski definition) is 4. The lowest BCUT2D eigenvalue weighted by Gasteiger charge is -2.29. The highest BCUT2D eigenvalue weighted by molar-refractivity contribution is 7.99. The molecule has 30 heavy (non-hydrogen) atoms. The van der Waals surface area contributed by atoms with Gasteiger partial charge in [-0.05, 0) is 36.4 Å². The number of hydrogen-bond acceptors (Lipinski definition) is 7. The van der Waals surface area contributed by atoms with Gasteiger partial charge in [-0.25, -0.2) is 9.97 Å². The van der Waals surface area contributed by atoms with Crippen molar-refractivity contribution in [2.24, 2.45) is 11.5 Å². The van der Waals surface area contributed by atoms with Crippen LogP contribution >= 0.6 is 11.8 Å². The second kappa shape index (κ2) is 9.76. The van der Waals surface area contributed by atoms with Gasteiger partial charge < -0.3 is 37.5 Å². The molecule has 3 heterocycles. The van der Waals surface area contributed by atoms with E-state index in [1.54, 1.807) is 7.11 Å². The van der Waals surface area contributed by atoms with E-state index in [9.17, 15) is 4.79 Å². The number of primary amides is 1. The van der Waals surface area contributed by atoms with Gasteiger partial charge in [-0.1, -0.05) is 0 Å². The minimum absolute atomic E-state index is 0. The van der Waals surface area contributed by atoms with Gasteiger partial charge in [0.15, 0.2) is 5.69 Å². The maximum Gasteiger partial charge on any atom is 0.269 e. The molecule has 162 valence electrons. The number of carbonyl (C=O) groups is 1. The molecule has 0 unspecified atom stereocenters. The molecular weight excluding hydrogens is 408 g/mol. The minimum Gasteiger partial charge on any atom is -0.497 e. The number of nitrogens with zero attached hydrogens (tertiary/aromatic N) is 2. The smallest absolute Gasteiger partial charge is 0.269 e. The third-order valence-corrected chi connectivity index (χ3v) is 5.95. The van der Waals surface area contributed by atoms with Crippen molar-refractivity contribution in [3.05, 3.63) is 36.2 Å². The Morgan fingerprint density at radius 2 is 2.13 bits per heavy atom. The number of thioether (sulfide) groups is 1. The average Bonchev–Trinajstić information content (AvgIpc) is 3.12. The monoisotopic (exact) mass is 434 g/mol. The molecule has 10 nitrogen and oxygen atoms in total. The van der Waals surface area contributed by atoms with Crippen LogP contribution in [0.5, 0.6) is 5.75 Å². The summed E-state index contributed by atoms with van der Waals surface area (Å²) in [6.07, 6.45) is 2.48. The zero-order valence-electron chi connectivity index (χ0n) is 16.4. The van der Waals surface area contributed by atoms with E-state index in [0.29, 0.717) is 17.2 Å². The van der Waals surface area contributed by atoms with Crippen molar-refractivity contribution in [1.29, 1.82) is 0 Å². The number of benzene rings is 1. The van der Waals surface area contributed by atoms with Gasteiger partial charge in [0, 0.05) is 22.7 Å². The van der Waals surface area contributed by atoms with Gasteiger partial charge in [-0.3, -0.25) is 4.79 Å². The zero-order chi connectivity index (χ0) is 19.7. The van der Waals surface area contributed by atoms with Crippen molar-refractivity contribution in [2.75, 3.05) is 23.9 Å². The molecule has 0 aliphatic carbocycles. The molecule has 2 aromatic heterocycles. The molecule has 2 atom stereocenters. The number of amides is 1. The van der Waals surface area contributed by atoms with Crippen LogP contribution in [0.3, 0.4) is 0 Å². The van der Waals surface area contributed by atoms with Gasteiger partial charge >= 0.3 is 0 Å². The highest BCUT2D eigenvalue weighted by atomic mass is 32.2. The number of ether oxygens (including phenoxy) is 1. The summed E-state index contributed by atoms with van der Waals surface area (Å²) < 4.78 is 5.27. The molecule has 11 heteroatoms. The van der Waals surface area contributed by atoms with Crippen molar-refractivity contribution in [3.8, 4) is 17.1 Å². The normalized spacial score (nSPS) is 18.2. The number of aromatic amines is 1. The number of carbonyl (C=O) groups excluding carboxylic acids is 1. The molecule has 1 fully saturated rings. The highest BCUT2D eigenvalue weighted by Gasteiger charge is 2.23. The summed E-state index contributed by atoms with van der Waals surface area (Å²) >= 11 is 1.86. The molecule has 1 aromatic carbocycles. The van der Waals surface area contributed by atoms with Crippen LogP contribution in [0.1, 0.15) is 16.9 Å². The lowest BCUT2D eigenvalue weighted by molar-refractivity contribution is 0.0996. The van der Waals surface area contributed by atoms with Gasteiger partial charge in [0.2, 0.25) is 0 Å². The summed E-state index contributed by atoms with van der Waals surface area (Å²) in [4.78, 5) is 24.1. The fourth-order valence-corrected chi connectivity index (χ4v) is 4.48. The summed E-state index contributed by atoms with van der Waals surface area (Å²) in [5.74, 6) is 2.66. The van der Waals surface area contributed by atoms with Crippen LogP contribution in [0.25, 0.3) is 22.3 Å². The van der Waals surface area contributed by atoms with Crippen LogP contribution in [0, 0.1) is 0 Å². The summed E-state index contributed by atoms with van der Waals surface area (Å²) in [7, 11) is 1.62. The topological polar surface area (TPSA) is 195 Å². The Balaban J connectivity index is 0.00000160. The molecule has 1 saturated heterocycles. The van der Waals surface area contributed by atoms with Crippen LogP contribution in [0.4, 0.5) is 5.82 Å². The minimum atomic E-state index is -0.629. The third kappa shape index (κ3) is 4.65. The second-order valence-electron chi connectivity index (χ2n) is 6.73. The molecule has 0 saturated carbocycles. The summed E-state index contributed by atoms with van der Waals surface area (Å²) in [5.41, 5.74) is 13.8. The third-order valence-electron chi connectivity index (χ3n) is 4.83. The molecule has 0 spiro atoms. The van der Waals surface area contributed by atoms with Gasteiger partial charge in [0.05, 0.1) is 25.0 Å². The maximum absolute atomic E-state index is 11.9. The van der Waals surface area contributed by atoms with E-state index < -0.39 is 5.91 Å². The van der Waals surface area contributed by atoms with Gasteiger partial charge in [0.1, 0.15) is 17.3 Å². The molecule has 0 radical (unpaired) electrons. The molecule has 10 N–H and O–H groups in total. The van der Waals surface area contributed by atoms with E-state index in [1.807, 2.05) is 36.0 Å². The van der Waals surface area contributed by atoms with Crippen LogP contribution in [-0.2, 0) is 0 Å². The van der Waals surface area contributed by atoms with E-state index in [1.165, 1.54) is 6.20 Å². The van der Waals surface area contributed by atoms with E-state index >= 15 is 0 Å². The Kier molecular flexibility index (Phi) is 7.62. The molecule has 3 aromatic rings. The Morgan fingerprint density at radius 1 is 1.33 bits per heavy atom. The molecule has 1 aliphatic rings. The van der Waals surface area contributed by atoms with Crippen LogP contribution in [0.15, 0.2) is 30.5 Å². The lowest BCUT2D eigenvalue weighted by atomic mass is 10.1. The van der Waals surface area contributed by atoms with Gasteiger partial charge in [-0.15, -0.1) is 0 Å². The Morgan fingerprint density at radius 3 is 2.83 bits per heavy atom. The largest absolute Gasteiger partial charge is 0.497 e. The summed E-state index contributed by atoms with van der Waals surface area (Å²) in [6.45, 7) is 0. The maximum atomic E-state index is 11.9. The average molecular weight is 435 g/mol. The zero-order valence-corrected chi connectivity index (χ0v) is 17.3. The first-order chi connectivity index (χ1) is 13.5. The van der Waals surface area contributed by atoms with Crippen LogP contribution < -0.4 is 21.5 Å². The Bertz CT molecular complexity index is 1030. The number of aromatic nitrogens is 3. The Labute approximate surface area is 177 Å². The standard InChI is InChI=1S/C19H22N6O2S.2H2O/c1-27-11-2-3-13-10(6-11)7-14(23-13)17-18(19(21)26)22-8-16(25-17)24-15-9-28-5-4-12(15)20;;/h2-3,6-8,12,15,23H,4-5,9,20H2,1H3,(H2,21,26)(H,24,25);2*1H2/t12-,15+;;/m0../s1. The number of fused-ring (bicyclic) bond motifs is 1. The first-order valence-corrected chi connectivity index (χ1v) is 10.1. The summed E-state index contributed by atoms with van der Waals surface area (Å²) in [5, 5.41) is 4.29. The van der Waals surface area contributed by atoms with Crippen LogP contribution in [-0.4, -0.2) is 62.5 Å². The molecule has 1 amide bonds. The van der Waals surface area contributed by atoms with E-state index in [-0.39, 0.29) is 28.7 Å². The van der Waals surface area contributed by atoms with Crippen molar-refractivity contribution >= 4 is 34.4 Å². The predicted octanol–water partition coefficient (Wildman–Crippen LogP) is 0.328. The molecular formula is C19H26N6O4S. The number of H-pyrrole nitrogens is 1. The van der Waals surface area contributed by atoms with Crippen molar-refractivity contribution < 1.29 is 20.5 Å². The molecule has 0 bridgehead atoms. The number of methoxy groups -OCH3 is 1. The fourth-order valence-electron chi connectivity index (χ4n) is 3.29. The van der Waals surface area contributed by atoms with E-state index in [4.69, 9.17) is 16.2 Å². The van der Waals surface area contributed by atoms with E-state index in [0.717, 1.165) is 34.6 Å². The number of nitrogens with two attached hydrogens (primary N) is 2. The van der Waals surface area contributed by atoms with Gasteiger partial charge in [0.25, 0.3) is 5.91 Å². The first-order valence-electron chi connectivity index (χ1n) is 8.99. The number of anilines is 1. The second-order valence-corrected chi connectivity index (χ2v) is 7.88. The lowest BCUT2D eigenvalue weighted by Crippen LogP contribution is -2.45.